The van der Waals surface area contributed by atoms with Crippen LogP contribution in [0.3, 0.4) is 0 Å². The molecule has 2 amide bonds. The number of carbonyl (C=O) groups is 2. The quantitative estimate of drug-likeness (QED) is 0.570. The summed E-state index contributed by atoms with van der Waals surface area (Å²) in [6, 6.07) is 12.8. The van der Waals surface area contributed by atoms with Gasteiger partial charge < -0.3 is 10.6 Å². The molecule has 9 heteroatoms. The molecule has 27 heavy (non-hydrogen) atoms. The summed E-state index contributed by atoms with van der Waals surface area (Å²) >= 11 is 3.32. The van der Waals surface area contributed by atoms with E-state index in [1.165, 1.54) is 24.3 Å². The number of hydrogen-bond donors (Lipinski definition) is 3. The van der Waals surface area contributed by atoms with Crippen LogP contribution in [0.25, 0.3) is 0 Å². The van der Waals surface area contributed by atoms with E-state index in [1.807, 2.05) is 12.1 Å². The van der Waals surface area contributed by atoms with Crippen molar-refractivity contribution in [3.63, 3.8) is 0 Å². The second kappa shape index (κ2) is 9.63. The Morgan fingerprint density at radius 3 is 2.22 bits per heavy atom. The summed E-state index contributed by atoms with van der Waals surface area (Å²) < 4.78 is 27.0. The molecule has 0 fully saturated rings. The van der Waals surface area contributed by atoms with Gasteiger partial charge in [0.05, 0.1) is 4.90 Å². The van der Waals surface area contributed by atoms with Gasteiger partial charge in [0.1, 0.15) is 0 Å². The van der Waals surface area contributed by atoms with Crippen molar-refractivity contribution in [3.8, 4) is 0 Å². The number of carbonyl (C=O) groups excluding carboxylic acids is 2. The number of halogens is 1. The molecule has 0 aliphatic carbocycles. The van der Waals surface area contributed by atoms with E-state index in [1.54, 1.807) is 19.1 Å². The van der Waals surface area contributed by atoms with Crippen molar-refractivity contribution >= 4 is 43.5 Å². The predicted molar refractivity (Wildman–Crippen MR) is 107 cm³/mol. The molecule has 0 radical (unpaired) electrons. The zero-order valence-electron chi connectivity index (χ0n) is 14.7. The lowest BCUT2D eigenvalue weighted by Gasteiger charge is -2.08. The normalized spacial score (nSPS) is 11.0. The minimum Gasteiger partial charge on any atom is -0.352 e. The van der Waals surface area contributed by atoms with E-state index in [-0.39, 0.29) is 36.2 Å². The van der Waals surface area contributed by atoms with Crippen LogP contribution in [-0.4, -0.2) is 33.3 Å². The van der Waals surface area contributed by atoms with Gasteiger partial charge in [0.2, 0.25) is 15.9 Å². The molecular formula is C18H20BrN3O4S. The third kappa shape index (κ3) is 6.46. The van der Waals surface area contributed by atoms with Gasteiger partial charge in [-0.15, -0.1) is 0 Å². The van der Waals surface area contributed by atoms with Crippen molar-refractivity contribution in [2.24, 2.45) is 0 Å². The number of rotatable bonds is 8. The SMILES string of the molecule is CCNS(=O)(=O)c1ccc(C(=O)NCCC(=O)Nc2ccc(Br)cc2)cc1. The smallest absolute Gasteiger partial charge is 0.251 e. The van der Waals surface area contributed by atoms with Crippen LogP contribution in [0.5, 0.6) is 0 Å². The van der Waals surface area contributed by atoms with Crippen molar-refractivity contribution < 1.29 is 18.0 Å². The van der Waals surface area contributed by atoms with Crippen LogP contribution in [0, 0.1) is 0 Å². The Morgan fingerprint density at radius 2 is 1.63 bits per heavy atom. The van der Waals surface area contributed by atoms with Gasteiger partial charge >= 0.3 is 0 Å². The molecule has 7 nitrogen and oxygen atoms in total. The molecule has 0 aromatic heterocycles. The Kier molecular flexibility index (Phi) is 7.52. The van der Waals surface area contributed by atoms with E-state index >= 15 is 0 Å². The summed E-state index contributed by atoms with van der Waals surface area (Å²) in [5.41, 5.74) is 0.991. The van der Waals surface area contributed by atoms with Gasteiger partial charge in [-0.3, -0.25) is 9.59 Å². The minimum atomic E-state index is -3.55. The first kappa shape index (κ1) is 21.1. The number of benzene rings is 2. The largest absolute Gasteiger partial charge is 0.352 e. The zero-order valence-corrected chi connectivity index (χ0v) is 17.1. The van der Waals surface area contributed by atoms with E-state index in [4.69, 9.17) is 0 Å². The molecule has 2 aromatic rings. The molecule has 0 aliphatic rings. The third-order valence-electron chi connectivity index (χ3n) is 3.53. The summed E-state index contributed by atoms with van der Waals surface area (Å²) in [6.07, 6.45) is 0.120. The van der Waals surface area contributed by atoms with E-state index in [9.17, 15) is 18.0 Å². The Bertz CT molecular complexity index is 897. The Labute approximate surface area is 166 Å². The highest BCUT2D eigenvalue weighted by Crippen LogP contribution is 2.14. The molecule has 0 saturated carbocycles. The van der Waals surface area contributed by atoms with Gasteiger partial charge in [-0.1, -0.05) is 22.9 Å². The molecule has 0 bridgehead atoms. The van der Waals surface area contributed by atoms with Gasteiger partial charge in [0, 0.05) is 35.2 Å². The fourth-order valence-corrected chi connectivity index (χ4v) is 3.51. The third-order valence-corrected chi connectivity index (χ3v) is 5.62. The number of amides is 2. The summed E-state index contributed by atoms with van der Waals surface area (Å²) in [5, 5.41) is 5.37. The molecule has 0 unspecified atom stereocenters. The standard InChI is InChI=1S/C18H20BrN3O4S/c1-2-21-27(25,26)16-9-3-13(4-10-16)18(24)20-12-11-17(23)22-15-7-5-14(19)6-8-15/h3-10,21H,2,11-12H2,1H3,(H,20,24)(H,22,23). The molecule has 3 N–H and O–H groups in total. The van der Waals surface area contributed by atoms with Crippen molar-refractivity contribution in [3.05, 3.63) is 58.6 Å². The second-order valence-corrected chi connectivity index (χ2v) is 8.27. The Morgan fingerprint density at radius 1 is 1.00 bits per heavy atom. The fraction of sp³-hybridized carbons (Fsp3) is 0.222. The number of anilines is 1. The molecule has 2 aromatic carbocycles. The molecule has 0 atom stereocenters. The first-order chi connectivity index (χ1) is 12.8. The molecule has 0 aliphatic heterocycles. The molecule has 144 valence electrons. The van der Waals surface area contributed by atoms with Crippen LogP contribution >= 0.6 is 15.9 Å². The highest BCUT2D eigenvalue weighted by atomic mass is 79.9. The van der Waals surface area contributed by atoms with Gasteiger partial charge in [-0.2, -0.15) is 0 Å². The summed E-state index contributed by atoms with van der Waals surface area (Å²) in [4.78, 5) is 24.1. The molecule has 0 spiro atoms. The van der Waals surface area contributed by atoms with Crippen molar-refractivity contribution in [2.45, 2.75) is 18.2 Å². The zero-order chi connectivity index (χ0) is 19.9. The fourth-order valence-electron chi connectivity index (χ4n) is 2.21. The highest BCUT2D eigenvalue weighted by Gasteiger charge is 2.13. The highest BCUT2D eigenvalue weighted by molar-refractivity contribution is 9.10. The topological polar surface area (TPSA) is 104 Å². The molecular weight excluding hydrogens is 434 g/mol. The lowest BCUT2D eigenvalue weighted by Crippen LogP contribution is -2.28. The minimum absolute atomic E-state index is 0.0924. The van der Waals surface area contributed by atoms with Crippen molar-refractivity contribution in [1.29, 1.82) is 0 Å². The van der Waals surface area contributed by atoms with Crippen LogP contribution in [0.4, 0.5) is 5.69 Å². The number of nitrogens with one attached hydrogen (secondary N) is 3. The van der Waals surface area contributed by atoms with E-state index in [2.05, 4.69) is 31.3 Å². The van der Waals surface area contributed by atoms with Crippen LogP contribution < -0.4 is 15.4 Å². The predicted octanol–water partition coefficient (Wildman–Crippen LogP) is 2.51. The van der Waals surface area contributed by atoms with Crippen molar-refractivity contribution in [2.75, 3.05) is 18.4 Å². The number of sulfonamides is 1. The monoisotopic (exact) mass is 453 g/mol. The van der Waals surface area contributed by atoms with E-state index in [0.29, 0.717) is 11.3 Å². The maximum Gasteiger partial charge on any atom is 0.251 e. The Balaban J connectivity index is 1.83. The van der Waals surface area contributed by atoms with Gasteiger partial charge in [0.25, 0.3) is 5.91 Å². The van der Waals surface area contributed by atoms with Gasteiger partial charge in [-0.05, 0) is 48.5 Å². The summed E-state index contributed by atoms with van der Waals surface area (Å²) in [5.74, 6) is -0.594. The summed E-state index contributed by atoms with van der Waals surface area (Å²) in [7, 11) is -3.55. The van der Waals surface area contributed by atoms with Crippen molar-refractivity contribution in [1.82, 2.24) is 10.0 Å². The lowest BCUT2D eigenvalue weighted by molar-refractivity contribution is -0.116. The van der Waals surface area contributed by atoms with Gasteiger partial charge in [-0.25, -0.2) is 13.1 Å². The average molecular weight is 454 g/mol. The van der Waals surface area contributed by atoms with E-state index in [0.717, 1.165) is 4.47 Å². The molecule has 2 rings (SSSR count). The first-order valence-electron chi connectivity index (χ1n) is 8.25. The maximum absolute atomic E-state index is 12.1. The molecule has 0 heterocycles. The number of hydrogen-bond acceptors (Lipinski definition) is 4. The summed E-state index contributed by atoms with van der Waals surface area (Å²) in [6.45, 7) is 2.14. The van der Waals surface area contributed by atoms with Crippen LogP contribution in [0.2, 0.25) is 0 Å². The maximum atomic E-state index is 12.1. The Hall–Kier alpha value is -2.23. The van der Waals surface area contributed by atoms with Crippen LogP contribution in [0.15, 0.2) is 57.9 Å². The van der Waals surface area contributed by atoms with Crippen LogP contribution in [-0.2, 0) is 14.8 Å². The van der Waals surface area contributed by atoms with Gasteiger partial charge in [0.15, 0.2) is 0 Å². The van der Waals surface area contributed by atoms with E-state index < -0.39 is 10.0 Å². The first-order valence-corrected chi connectivity index (χ1v) is 10.5. The molecule has 0 saturated heterocycles. The average Bonchev–Trinajstić information content (AvgIpc) is 2.63. The van der Waals surface area contributed by atoms with Crippen LogP contribution in [0.1, 0.15) is 23.7 Å². The second-order valence-electron chi connectivity index (χ2n) is 5.59. The lowest BCUT2D eigenvalue weighted by atomic mass is 10.2.